The molecule has 8 heteroatoms. The molecule has 0 bridgehead atoms. The van der Waals surface area contributed by atoms with Crippen molar-refractivity contribution in [1.29, 1.82) is 0 Å². The summed E-state index contributed by atoms with van der Waals surface area (Å²) in [6, 6.07) is 7.44. The zero-order chi connectivity index (χ0) is 19.6. The monoisotopic (exact) mass is 372 g/mol. The zero-order valence-electron chi connectivity index (χ0n) is 15.6. The van der Waals surface area contributed by atoms with Crippen molar-refractivity contribution in [3.63, 3.8) is 0 Å². The lowest BCUT2D eigenvalue weighted by Crippen LogP contribution is -2.38. The molecule has 1 aromatic heterocycles. The van der Waals surface area contributed by atoms with Gasteiger partial charge in [-0.1, -0.05) is 17.3 Å². The van der Waals surface area contributed by atoms with Crippen molar-refractivity contribution in [3.8, 4) is 11.1 Å². The van der Waals surface area contributed by atoms with Gasteiger partial charge in [0.05, 0.1) is 32.1 Å². The van der Waals surface area contributed by atoms with Crippen molar-refractivity contribution < 1.29 is 28.3 Å². The van der Waals surface area contributed by atoms with Gasteiger partial charge in [-0.15, -0.1) is 0 Å². The molecule has 0 N–H and O–H groups in total. The van der Waals surface area contributed by atoms with Crippen LogP contribution in [0.15, 0.2) is 40.1 Å². The van der Waals surface area contributed by atoms with Gasteiger partial charge in [-0.05, 0) is 31.5 Å². The molecule has 0 saturated heterocycles. The molecular weight excluding hydrogens is 352 g/mol. The second kappa shape index (κ2) is 7.63. The van der Waals surface area contributed by atoms with E-state index >= 15 is 0 Å². The van der Waals surface area contributed by atoms with Crippen LogP contribution in [0.2, 0.25) is 0 Å². The maximum Gasteiger partial charge on any atom is 0.355 e. The zero-order valence-corrected chi connectivity index (χ0v) is 15.6. The van der Waals surface area contributed by atoms with Crippen LogP contribution in [-0.2, 0) is 23.8 Å². The Hall–Kier alpha value is -3.13. The first-order valence-electron chi connectivity index (χ1n) is 8.26. The summed E-state index contributed by atoms with van der Waals surface area (Å²) in [6.07, 6.45) is 0. The van der Waals surface area contributed by atoms with Crippen molar-refractivity contribution in [2.45, 2.75) is 13.8 Å². The molecule has 1 aliphatic heterocycles. The Morgan fingerprint density at radius 1 is 1.07 bits per heavy atom. The summed E-state index contributed by atoms with van der Waals surface area (Å²) in [5.74, 6) is -0.536. The first kappa shape index (κ1) is 18.7. The molecule has 0 saturated carbocycles. The van der Waals surface area contributed by atoms with E-state index in [4.69, 9.17) is 18.7 Å². The molecule has 0 amide bonds. The normalized spacial score (nSPS) is 14.3. The highest BCUT2D eigenvalue weighted by atomic mass is 16.5. The fourth-order valence-corrected chi connectivity index (χ4v) is 3.05. The van der Waals surface area contributed by atoms with Crippen molar-refractivity contribution in [2.75, 3.05) is 32.5 Å². The number of nitrogens with zero attached hydrogens (tertiary/aromatic N) is 2. The summed E-state index contributed by atoms with van der Waals surface area (Å²) < 4.78 is 20.3. The molecule has 27 heavy (non-hydrogen) atoms. The van der Waals surface area contributed by atoms with Crippen molar-refractivity contribution in [2.24, 2.45) is 0 Å². The number of rotatable bonds is 4. The van der Waals surface area contributed by atoms with Gasteiger partial charge in [-0.3, -0.25) is 0 Å². The topological polar surface area (TPSA) is 91.1 Å². The average Bonchev–Trinajstić information content (AvgIpc) is 3.04. The molecule has 0 atom stereocenters. The van der Waals surface area contributed by atoms with Crippen LogP contribution in [0.4, 0.5) is 5.69 Å². The fraction of sp³-hybridized carbons (Fsp3) is 0.316. The summed E-state index contributed by atoms with van der Waals surface area (Å²) in [4.78, 5) is 25.9. The lowest BCUT2D eigenvalue weighted by Gasteiger charge is -2.31. The Morgan fingerprint density at radius 3 is 2.30 bits per heavy atom. The van der Waals surface area contributed by atoms with Gasteiger partial charge in [-0.2, -0.15) is 0 Å². The number of carbonyl (C=O) groups is 2. The van der Waals surface area contributed by atoms with Gasteiger partial charge in [0.15, 0.2) is 0 Å². The van der Waals surface area contributed by atoms with E-state index in [9.17, 15) is 9.59 Å². The Morgan fingerprint density at radius 2 is 1.74 bits per heavy atom. The molecule has 3 rings (SSSR count). The fourth-order valence-electron chi connectivity index (χ4n) is 3.05. The number of esters is 2. The number of aromatic nitrogens is 1. The van der Waals surface area contributed by atoms with Gasteiger partial charge in [-0.25, -0.2) is 9.59 Å². The van der Waals surface area contributed by atoms with Crippen molar-refractivity contribution >= 4 is 17.6 Å². The molecule has 2 heterocycles. The SMILES string of the molecule is COC(=O)C1=C(C(=O)OC)N(c2ccc(-c3c(C)noc3C)cc2)COC1. The summed E-state index contributed by atoms with van der Waals surface area (Å²) in [5, 5.41) is 3.96. The molecule has 0 radical (unpaired) electrons. The van der Waals surface area contributed by atoms with Crippen LogP contribution in [0.5, 0.6) is 0 Å². The molecule has 142 valence electrons. The van der Waals surface area contributed by atoms with E-state index < -0.39 is 11.9 Å². The highest BCUT2D eigenvalue weighted by Crippen LogP contribution is 2.31. The lowest BCUT2D eigenvalue weighted by atomic mass is 10.0. The predicted octanol–water partition coefficient (Wildman–Crippen LogP) is 2.35. The van der Waals surface area contributed by atoms with E-state index in [-0.39, 0.29) is 24.6 Å². The summed E-state index contributed by atoms with van der Waals surface area (Å²) in [6.45, 7) is 3.81. The van der Waals surface area contributed by atoms with Crippen LogP contribution in [-0.4, -0.2) is 44.7 Å². The second-order valence-corrected chi connectivity index (χ2v) is 5.96. The summed E-state index contributed by atoms with van der Waals surface area (Å²) in [7, 11) is 2.51. The van der Waals surface area contributed by atoms with Crippen molar-refractivity contribution in [1.82, 2.24) is 5.16 Å². The number of hydrogen-bond acceptors (Lipinski definition) is 8. The molecular formula is C19H20N2O6. The van der Waals surface area contributed by atoms with E-state index in [2.05, 4.69) is 5.16 Å². The molecule has 2 aromatic rings. The summed E-state index contributed by atoms with van der Waals surface area (Å²) in [5.41, 5.74) is 3.56. The largest absolute Gasteiger partial charge is 0.466 e. The number of hydrogen-bond donors (Lipinski definition) is 0. The number of benzene rings is 1. The van der Waals surface area contributed by atoms with E-state index in [1.807, 2.05) is 38.1 Å². The third-order valence-corrected chi connectivity index (χ3v) is 4.33. The Bertz CT molecular complexity index is 878. The van der Waals surface area contributed by atoms with E-state index in [0.29, 0.717) is 5.69 Å². The van der Waals surface area contributed by atoms with Gasteiger partial charge in [0.25, 0.3) is 0 Å². The van der Waals surface area contributed by atoms with Gasteiger partial charge < -0.3 is 23.6 Å². The Balaban J connectivity index is 2.01. The first-order valence-corrected chi connectivity index (χ1v) is 8.26. The predicted molar refractivity (Wildman–Crippen MR) is 95.8 cm³/mol. The summed E-state index contributed by atoms with van der Waals surface area (Å²) >= 11 is 0. The highest BCUT2D eigenvalue weighted by molar-refractivity contribution is 6.03. The smallest absolute Gasteiger partial charge is 0.355 e. The quantitative estimate of drug-likeness (QED) is 0.756. The minimum absolute atomic E-state index is 0.0230. The molecule has 0 spiro atoms. The van der Waals surface area contributed by atoms with Crippen LogP contribution in [0, 0.1) is 13.8 Å². The molecule has 8 nitrogen and oxygen atoms in total. The van der Waals surface area contributed by atoms with Gasteiger partial charge in [0.1, 0.15) is 18.2 Å². The molecule has 0 unspecified atom stereocenters. The third kappa shape index (κ3) is 3.43. The van der Waals surface area contributed by atoms with E-state index in [0.717, 1.165) is 22.6 Å². The van der Waals surface area contributed by atoms with Crippen LogP contribution < -0.4 is 4.90 Å². The van der Waals surface area contributed by atoms with Gasteiger partial charge >= 0.3 is 11.9 Å². The minimum Gasteiger partial charge on any atom is -0.466 e. The van der Waals surface area contributed by atoms with Crippen LogP contribution in [0.3, 0.4) is 0 Å². The van der Waals surface area contributed by atoms with Gasteiger partial charge in [0, 0.05) is 11.3 Å². The minimum atomic E-state index is -0.632. The molecule has 1 aromatic carbocycles. The maximum absolute atomic E-state index is 12.3. The molecule has 0 fully saturated rings. The van der Waals surface area contributed by atoms with Gasteiger partial charge in [0.2, 0.25) is 0 Å². The molecule has 0 aliphatic carbocycles. The number of ether oxygens (including phenoxy) is 3. The lowest BCUT2D eigenvalue weighted by molar-refractivity contribution is -0.140. The first-order chi connectivity index (χ1) is 13.0. The van der Waals surface area contributed by atoms with E-state index in [1.165, 1.54) is 14.2 Å². The number of carbonyl (C=O) groups excluding carboxylic acids is 2. The number of anilines is 1. The van der Waals surface area contributed by atoms with Crippen molar-refractivity contribution in [3.05, 3.63) is 47.0 Å². The van der Waals surface area contributed by atoms with E-state index in [1.54, 1.807) is 4.90 Å². The Labute approximate surface area is 156 Å². The second-order valence-electron chi connectivity index (χ2n) is 5.96. The maximum atomic E-state index is 12.3. The van der Waals surface area contributed by atoms with Crippen LogP contribution in [0.25, 0.3) is 11.1 Å². The highest BCUT2D eigenvalue weighted by Gasteiger charge is 2.32. The number of methoxy groups -OCH3 is 2. The number of aryl methyl sites for hydroxylation is 2. The average molecular weight is 372 g/mol. The molecule has 1 aliphatic rings. The Kier molecular flexibility index (Phi) is 5.27. The van der Waals surface area contributed by atoms with Crippen LogP contribution >= 0.6 is 0 Å². The van der Waals surface area contributed by atoms with Crippen LogP contribution in [0.1, 0.15) is 11.5 Å². The standard InChI is InChI=1S/C19H20N2O6/c1-11-16(12(2)27-20-11)13-5-7-14(8-6-13)21-10-26-9-15(18(22)24-3)17(21)19(23)25-4/h5-8H,9-10H2,1-4H3. The third-order valence-electron chi connectivity index (χ3n) is 4.33.